The summed E-state index contributed by atoms with van der Waals surface area (Å²) in [5.74, 6) is 0. The second-order valence-electron chi connectivity index (χ2n) is 7.22. The lowest BCUT2D eigenvalue weighted by molar-refractivity contribution is -0.0836. The minimum atomic E-state index is -4.62. The number of aromatic nitrogens is 1. The van der Waals surface area contributed by atoms with Crippen LogP contribution < -0.4 is 5.32 Å². The van der Waals surface area contributed by atoms with Crippen molar-refractivity contribution in [3.05, 3.63) is 33.6 Å². The highest BCUT2D eigenvalue weighted by molar-refractivity contribution is 6.33. The molecule has 1 aromatic rings. The third kappa shape index (κ3) is 5.51. The number of carbonyl (C=O) groups excluding carboxylic acids is 1. The number of pyridine rings is 1. The highest BCUT2D eigenvalue weighted by Gasteiger charge is 2.47. The van der Waals surface area contributed by atoms with Crippen LogP contribution in [-0.4, -0.2) is 29.4 Å². The highest BCUT2D eigenvalue weighted by Crippen LogP contribution is 2.49. The Balaban J connectivity index is 2.10. The van der Waals surface area contributed by atoms with Crippen molar-refractivity contribution in [3.8, 4) is 0 Å². The Morgan fingerprint density at radius 3 is 2.46 bits per heavy atom. The molecule has 1 saturated carbocycles. The molecule has 26 heavy (non-hydrogen) atoms. The van der Waals surface area contributed by atoms with Gasteiger partial charge in [0.05, 0.1) is 10.7 Å². The standard InChI is InChI=1S/C17H19Cl2F3N2O2/c1-15(2,3)26-14(25)24-9-16(4-5-16)13-11(18)6-10(8-23-13)7-12(19)17(20,21)22/h6-8H,4-5,9H2,1-3H3,(H,24,25)/b12-7+. The maximum Gasteiger partial charge on any atom is 0.426 e. The molecule has 1 aliphatic rings. The average molecular weight is 411 g/mol. The zero-order valence-corrected chi connectivity index (χ0v) is 16.0. The Morgan fingerprint density at radius 1 is 1.38 bits per heavy atom. The molecule has 1 aromatic heterocycles. The lowest BCUT2D eigenvalue weighted by Crippen LogP contribution is -2.37. The van der Waals surface area contributed by atoms with Crippen LogP contribution in [0.4, 0.5) is 18.0 Å². The first-order valence-corrected chi connectivity index (χ1v) is 8.65. The maximum absolute atomic E-state index is 12.5. The fourth-order valence-corrected chi connectivity index (χ4v) is 2.85. The molecule has 0 bridgehead atoms. The van der Waals surface area contributed by atoms with Crippen LogP contribution in [0.25, 0.3) is 6.08 Å². The molecule has 1 heterocycles. The molecular formula is C17H19Cl2F3N2O2. The molecule has 0 aliphatic heterocycles. The average Bonchev–Trinajstić information content (AvgIpc) is 3.23. The molecule has 4 nitrogen and oxygen atoms in total. The van der Waals surface area contributed by atoms with Gasteiger partial charge in [0.15, 0.2) is 0 Å². The van der Waals surface area contributed by atoms with Crippen molar-refractivity contribution in [1.82, 2.24) is 10.3 Å². The van der Waals surface area contributed by atoms with E-state index in [2.05, 4.69) is 10.3 Å². The number of nitrogens with zero attached hydrogens (tertiary/aromatic N) is 1. The van der Waals surface area contributed by atoms with Crippen LogP contribution >= 0.6 is 23.2 Å². The fourth-order valence-electron chi connectivity index (χ4n) is 2.35. The van der Waals surface area contributed by atoms with E-state index in [1.165, 1.54) is 12.3 Å². The number of allylic oxidation sites excluding steroid dienone is 1. The van der Waals surface area contributed by atoms with Gasteiger partial charge in [-0.3, -0.25) is 4.98 Å². The second-order valence-corrected chi connectivity index (χ2v) is 8.04. The molecule has 144 valence electrons. The minimum absolute atomic E-state index is 0.150. The van der Waals surface area contributed by atoms with Gasteiger partial charge in [-0.05, 0) is 51.3 Å². The van der Waals surface area contributed by atoms with E-state index in [1.807, 2.05) is 0 Å². The first-order chi connectivity index (χ1) is 11.8. The molecule has 0 saturated heterocycles. The van der Waals surface area contributed by atoms with Crippen molar-refractivity contribution in [1.29, 1.82) is 0 Å². The van der Waals surface area contributed by atoms with Crippen LogP contribution in [0.5, 0.6) is 0 Å². The summed E-state index contributed by atoms with van der Waals surface area (Å²) in [7, 11) is 0. The monoisotopic (exact) mass is 410 g/mol. The van der Waals surface area contributed by atoms with Crippen LogP contribution in [-0.2, 0) is 10.2 Å². The van der Waals surface area contributed by atoms with E-state index in [0.29, 0.717) is 5.69 Å². The van der Waals surface area contributed by atoms with Crippen LogP contribution in [0, 0.1) is 0 Å². The topological polar surface area (TPSA) is 51.2 Å². The largest absolute Gasteiger partial charge is 0.444 e. The van der Waals surface area contributed by atoms with Gasteiger partial charge in [0.1, 0.15) is 10.6 Å². The van der Waals surface area contributed by atoms with Gasteiger partial charge in [0.2, 0.25) is 0 Å². The third-order valence-corrected chi connectivity index (χ3v) is 4.36. The minimum Gasteiger partial charge on any atom is -0.444 e. The molecule has 1 fully saturated rings. The number of carbonyl (C=O) groups is 1. The Kier molecular flexibility index (Phi) is 5.83. The highest BCUT2D eigenvalue weighted by atomic mass is 35.5. The maximum atomic E-state index is 12.5. The Morgan fingerprint density at radius 2 is 2.00 bits per heavy atom. The summed E-state index contributed by atoms with van der Waals surface area (Å²) < 4.78 is 42.7. The van der Waals surface area contributed by atoms with Gasteiger partial charge in [-0.15, -0.1) is 0 Å². The van der Waals surface area contributed by atoms with E-state index in [0.717, 1.165) is 18.9 Å². The van der Waals surface area contributed by atoms with Crippen LogP contribution in [0.2, 0.25) is 5.02 Å². The van der Waals surface area contributed by atoms with Crippen molar-refractivity contribution in [2.45, 2.75) is 50.8 Å². The SMILES string of the molecule is CC(C)(C)OC(=O)NCC1(c2ncc(/C=C(/Cl)C(F)(F)F)cc2Cl)CC1. The Labute approximate surface area is 159 Å². The summed E-state index contributed by atoms with van der Waals surface area (Å²) in [6.07, 6.45) is -1.61. The van der Waals surface area contributed by atoms with E-state index in [4.69, 9.17) is 27.9 Å². The lowest BCUT2D eigenvalue weighted by Gasteiger charge is -2.22. The second kappa shape index (κ2) is 7.27. The normalized spacial score (nSPS) is 17.0. The molecule has 0 spiro atoms. The summed E-state index contributed by atoms with van der Waals surface area (Å²) >= 11 is 11.4. The van der Waals surface area contributed by atoms with Gasteiger partial charge in [-0.25, -0.2) is 4.79 Å². The van der Waals surface area contributed by atoms with E-state index in [-0.39, 0.29) is 17.1 Å². The molecule has 2 rings (SSSR count). The van der Waals surface area contributed by atoms with Gasteiger partial charge in [0, 0.05) is 18.2 Å². The molecule has 1 N–H and O–H groups in total. The van der Waals surface area contributed by atoms with Gasteiger partial charge < -0.3 is 10.1 Å². The number of ether oxygens (including phenoxy) is 1. The molecule has 0 atom stereocenters. The summed E-state index contributed by atoms with van der Waals surface area (Å²) in [5, 5.41) is 1.67. The summed E-state index contributed by atoms with van der Waals surface area (Å²) in [4.78, 5) is 16.0. The predicted octanol–water partition coefficient (Wildman–Crippen LogP) is 5.43. The Bertz CT molecular complexity index is 724. The van der Waals surface area contributed by atoms with E-state index < -0.39 is 28.3 Å². The predicted molar refractivity (Wildman–Crippen MR) is 94.3 cm³/mol. The molecule has 0 aromatic carbocycles. The number of amides is 1. The molecular weight excluding hydrogens is 392 g/mol. The van der Waals surface area contributed by atoms with Gasteiger partial charge >= 0.3 is 12.3 Å². The van der Waals surface area contributed by atoms with Crippen molar-refractivity contribution in [2.24, 2.45) is 0 Å². The van der Waals surface area contributed by atoms with Crippen molar-refractivity contribution < 1.29 is 22.7 Å². The molecule has 1 aliphatic carbocycles. The summed E-state index contributed by atoms with van der Waals surface area (Å²) in [6.45, 7) is 5.57. The van der Waals surface area contributed by atoms with E-state index >= 15 is 0 Å². The van der Waals surface area contributed by atoms with Crippen molar-refractivity contribution in [3.63, 3.8) is 0 Å². The number of alkyl halides is 3. The molecule has 0 unspecified atom stereocenters. The van der Waals surface area contributed by atoms with Crippen LogP contribution in [0.3, 0.4) is 0 Å². The molecule has 0 radical (unpaired) electrons. The third-order valence-electron chi connectivity index (χ3n) is 3.75. The number of halogens is 5. The van der Waals surface area contributed by atoms with Crippen molar-refractivity contribution >= 4 is 35.4 Å². The van der Waals surface area contributed by atoms with Gasteiger partial charge in [-0.2, -0.15) is 13.2 Å². The quantitative estimate of drug-likeness (QED) is 0.719. The van der Waals surface area contributed by atoms with Crippen molar-refractivity contribution in [2.75, 3.05) is 6.54 Å². The van der Waals surface area contributed by atoms with Crippen LogP contribution in [0.1, 0.15) is 44.9 Å². The van der Waals surface area contributed by atoms with Gasteiger partial charge in [-0.1, -0.05) is 23.2 Å². The zero-order valence-electron chi connectivity index (χ0n) is 14.5. The van der Waals surface area contributed by atoms with Crippen LogP contribution in [0.15, 0.2) is 17.3 Å². The number of nitrogens with one attached hydrogen (secondary N) is 1. The molecule has 9 heteroatoms. The zero-order chi connectivity index (χ0) is 19.8. The number of rotatable bonds is 4. The van der Waals surface area contributed by atoms with E-state index in [1.54, 1.807) is 20.8 Å². The van der Waals surface area contributed by atoms with Gasteiger partial charge in [0.25, 0.3) is 0 Å². The lowest BCUT2D eigenvalue weighted by atomic mass is 10.0. The molecule has 1 amide bonds. The van der Waals surface area contributed by atoms with E-state index in [9.17, 15) is 18.0 Å². The number of alkyl carbamates (subject to hydrolysis) is 1. The number of hydrogen-bond donors (Lipinski definition) is 1. The first kappa shape index (κ1) is 20.8. The summed E-state index contributed by atoms with van der Waals surface area (Å²) in [6, 6.07) is 1.38. The Hall–Kier alpha value is -1.47. The summed E-state index contributed by atoms with van der Waals surface area (Å²) in [5.41, 5.74) is -0.348. The first-order valence-electron chi connectivity index (χ1n) is 7.90. The smallest absolute Gasteiger partial charge is 0.426 e. The number of hydrogen-bond acceptors (Lipinski definition) is 3. The fraction of sp³-hybridized carbons (Fsp3) is 0.529.